The second-order valence-electron chi connectivity index (χ2n) is 4.68. The summed E-state index contributed by atoms with van der Waals surface area (Å²) in [5, 5.41) is 0.323. The third-order valence-corrected chi connectivity index (χ3v) is 3.78. The Bertz CT molecular complexity index is 733. The average Bonchev–Trinajstić information content (AvgIpc) is 2.57. The van der Waals surface area contributed by atoms with Crippen molar-refractivity contribution < 1.29 is 4.79 Å². The quantitative estimate of drug-likeness (QED) is 0.876. The summed E-state index contributed by atoms with van der Waals surface area (Å²) in [7, 11) is 1.69. The van der Waals surface area contributed by atoms with E-state index in [9.17, 15) is 4.79 Å². The number of hydrogen-bond acceptors (Lipinski definition) is 5. The summed E-state index contributed by atoms with van der Waals surface area (Å²) in [6.07, 6.45) is 1.65. The Morgan fingerprint density at radius 1 is 1.38 bits per heavy atom. The maximum Gasteiger partial charge on any atom is 0.261 e. The van der Waals surface area contributed by atoms with Crippen molar-refractivity contribution in [2.75, 3.05) is 29.1 Å². The van der Waals surface area contributed by atoms with Crippen LogP contribution >= 0.6 is 11.6 Å². The molecule has 3 rings (SSSR count). The SMILES string of the molecule is CCN1c2ncccc2C(=O)N(C)c2cc(Cl)c(N)nc21. The fourth-order valence-corrected chi connectivity index (χ4v) is 2.54. The van der Waals surface area contributed by atoms with Gasteiger partial charge in [0.2, 0.25) is 0 Å². The number of nitrogen functional groups attached to an aromatic ring is 1. The van der Waals surface area contributed by atoms with E-state index >= 15 is 0 Å². The van der Waals surface area contributed by atoms with Crippen molar-refractivity contribution in [3.8, 4) is 0 Å². The lowest BCUT2D eigenvalue weighted by Crippen LogP contribution is -2.25. The number of anilines is 4. The molecule has 0 aromatic carbocycles. The highest BCUT2D eigenvalue weighted by molar-refractivity contribution is 6.33. The monoisotopic (exact) mass is 303 g/mol. The Labute approximate surface area is 127 Å². The Morgan fingerprint density at radius 3 is 2.86 bits per heavy atom. The van der Waals surface area contributed by atoms with Gasteiger partial charge in [0.15, 0.2) is 5.82 Å². The van der Waals surface area contributed by atoms with Crippen LogP contribution in [0.25, 0.3) is 0 Å². The van der Waals surface area contributed by atoms with Gasteiger partial charge < -0.3 is 15.5 Å². The van der Waals surface area contributed by atoms with E-state index in [1.54, 1.807) is 31.4 Å². The van der Waals surface area contributed by atoms with Crippen LogP contribution in [0.3, 0.4) is 0 Å². The number of nitrogens with zero attached hydrogens (tertiary/aromatic N) is 4. The van der Waals surface area contributed by atoms with Crippen LogP contribution in [0.15, 0.2) is 24.4 Å². The van der Waals surface area contributed by atoms with Gasteiger partial charge in [0, 0.05) is 19.8 Å². The average molecular weight is 304 g/mol. The first kappa shape index (κ1) is 13.6. The highest BCUT2D eigenvalue weighted by Gasteiger charge is 2.30. The zero-order valence-electron chi connectivity index (χ0n) is 11.7. The number of carbonyl (C=O) groups excluding carboxylic acids is 1. The lowest BCUT2D eigenvalue weighted by atomic mass is 10.2. The molecule has 2 N–H and O–H groups in total. The summed E-state index contributed by atoms with van der Waals surface area (Å²) in [5.74, 6) is 1.23. The minimum absolute atomic E-state index is 0.155. The summed E-state index contributed by atoms with van der Waals surface area (Å²) in [4.78, 5) is 24.7. The molecule has 0 fully saturated rings. The van der Waals surface area contributed by atoms with E-state index in [0.717, 1.165) is 0 Å². The Balaban J connectivity index is 2.34. The van der Waals surface area contributed by atoms with Crippen LogP contribution in [0.4, 0.5) is 23.1 Å². The molecule has 1 aliphatic heterocycles. The number of fused-ring (bicyclic) bond motifs is 2. The molecular formula is C14H14ClN5O. The molecule has 0 bridgehead atoms. The van der Waals surface area contributed by atoms with Crippen LogP contribution in [0.2, 0.25) is 5.02 Å². The minimum atomic E-state index is -0.155. The van der Waals surface area contributed by atoms with E-state index in [4.69, 9.17) is 17.3 Å². The molecule has 0 atom stereocenters. The first-order valence-electron chi connectivity index (χ1n) is 6.51. The van der Waals surface area contributed by atoms with Gasteiger partial charge in [0.25, 0.3) is 5.91 Å². The number of rotatable bonds is 1. The van der Waals surface area contributed by atoms with Crippen molar-refractivity contribution in [2.24, 2.45) is 0 Å². The summed E-state index contributed by atoms with van der Waals surface area (Å²) in [6, 6.07) is 5.15. The molecule has 3 heterocycles. The van der Waals surface area contributed by atoms with Crippen molar-refractivity contribution in [1.29, 1.82) is 0 Å². The molecule has 7 heteroatoms. The first-order valence-corrected chi connectivity index (χ1v) is 6.89. The molecule has 1 amide bonds. The van der Waals surface area contributed by atoms with Gasteiger partial charge in [-0.25, -0.2) is 9.97 Å². The largest absolute Gasteiger partial charge is 0.382 e. The Kier molecular flexibility index (Phi) is 3.17. The fourth-order valence-electron chi connectivity index (χ4n) is 2.40. The van der Waals surface area contributed by atoms with Crippen LogP contribution in [0.1, 0.15) is 17.3 Å². The van der Waals surface area contributed by atoms with Gasteiger partial charge in [-0.15, -0.1) is 0 Å². The van der Waals surface area contributed by atoms with Crippen molar-refractivity contribution in [3.63, 3.8) is 0 Å². The van der Waals surface area contributed by atoms with Gasteiger partial charge in [0.1, 0.15) is 11.6 Å². The normalized spacial score (nSPS) is 13.8. The molecule has 2 aromatic heterocycles. The van der Waals surface area contributed by atoms with E-state index in [1.165, 1.54) is 4.90 Å². The number of halogens is 1. The number of nitrogens with two attached hydrogens (primary N) is 1. The van der Waals surface area contributed by atoms with E-state index in [2.05, 4.69) is 9.97 Å². The molecular weight excluding hydrogens is 290 g/mol. The molecule has 0 aliphatic carbocycles. The van der Waals surface area contributed by atoms with Crippen molar-refractivity contribution >= 4 is 40.6 Å². The standard InChI is InChI=1S/C14H14ClN5O/c1-3-20-12-8(5-4-6-17-12)14(21)19(2)10-7-9(15)11(16)18-13(10)20/h4-7H,3H2,1-2H3,(H2,16,18). The smallest absolute Gasteiger partial charge is 0.261 e. The predicted molar refractivity (Wildman–Crippen MR) is 83.3 cm³/mol. The third kappa shape index (κ3) is 1.99. The second kappa shape index (κ2) is 4.89. The summed E-state index contributed by atoms with van der Waals surface area (Å²) in [5.41, 5.74) is 6.95. The lowest BCUT2D eigenvalue weighted by molar-refractivity contribution is 0.0994. The minimum Gasteiger partial charge on any atom is -0.382 e. The maximum absolute atomic E-state index is 12.6. The molecule has 0 unspecified atom stereocenters. The zero-order valence-corrected chi connectivity index (χ0v) is 12.4. The van der Waals surface area contributed by atoms with Crippen LogP contribution in [0.5, 0.6) is 0 Å². The van der Waals surface area contributed by atoms with Crippen LogP contribution < -0.4 is 15.5 Å². The van der Waals surface area contributed by atoms with E-state index < -0.39 is 0 Å². The van der Waals surface area contributed by atoms with E-state index in [-0.39, 0.29) is 11.7 Å². The van der Waals surface area contributed by atoms with Crippen LogP contribution in [-0.2, 0) is 0 Å². The number of pyridine rings is 2. The topological polar surface area (TPSA) is 75.4 Å². The van der Waals surface area contributed by atoms with E-state index in [0.29, 0.717) is 34.5 Å². The predicted octanol–water partition coefficient (Wildman–Crippen LogP) is 2.46. The number of amides is 1. The maximum atomic E-state index is 12.6. The van der Waals surface area contributed by atoms with Crippen LogP contribution in [0, 0.1) is 0 Å². The molecule has 0 spiro atoms. The van der Waals surface area contributed by atoms with Gasteiger partial charge in [-0.1, -0.05) is 11.6 Å². The molecule has 108 valence electrons. The Morgan fingerprint density at radius 2 is 2.14 bits per heavy atom. The molecule has 1 aliphatic rings. The van der Waals surface area contributed by atoms with Crippen LogP contribution in [-0.4, -0.2) is 29.5 Å². The summed E-state index contributed by atoms with van der Waals surface area (Å²) >= 11 is 6.05. The molecule has 21 heavy (non-hydrogen) atoms. The van der Waals surface area contributed by atoms with Crippen molar-refractivity contribution in [3.05, 3.63) is 35.0 Å². The van der Waals surface area contributed by atoms with Gasteiger partial charge in [-0.2, -0.15) is 0 Å². The fraction of sp³-hybridized carbons (Fsp3) is 0.214. The summed E-state index contributed by atoms with van der Waals surface area (Å²) in [6.45, 7) is 2.57. The zero-order chi connectivity index (χ0) is 15.1. The second-order valence-corrected chi connectivity index (χ2v) is 5.09. The van der Waals surface area contributed by atoms with Gasteiger partial charge in [0.05, 0.1) is 16.3 Å². The summed E-state index contributed by atoms with van der Waals surface area (Å²) < 4.78 is 0. The highest BCUT2D eigenvalue weighted by Crippen LogP contribution is 2.40. The first-order chi connectivity index (χ1) is 10.0. The number of hydrogen-bond donors (Lipinski definition) is 1. The van der Waals surface area contributed by atoms with Gasteiger partial charge in [-0.05, 0) is 25.1 Å². The van der Waals surface area contributed by atoms with E-state index in [1.807, 2.05) is 11.8 Å². The molecule has 2 aromatic rings. The highest BCUT2D eigenvalue weighted by atomic mass is 35.5. The molecule has 0 saturated carbocycles. The van der Waals surface area contributed by atoms with Gasteiger partial charge >= 0.3 is 0 Å². The number of aromatic nitrogens is 2. The van der Waals surface area contributed by atoms with Crippen molar-refractivity contribution in [1.82, 2.24) is 9.97 Å². The number of carbonyl (C=O) groups is 1. The van der Waals surface area contributed by atoms with Gasteiger partial charge in [-0.3, -0.25) is 4.79 Å². The molecule has 0 saturated heterocycles. The third-order valence-electron chi connectivity index (χ3n) is 3.47. The Hall–Kier alpha value is -2.34. The molecule has 6 nitrogen and oxygen atoms in total. The lowest BCUT2D eigenvalue weighted by Gasteiger charge is -2.23. The van der Waals surface area contributed by atoms with Crippen molar-refractivity contribution in [2.45, 2.75) is 6.92 Å². The molecule has 0 radical (unpaired) electrons.